The van der Waals surface area contributed by atoms with Crippen LogP contribution in [0.25, 0.3) is 0 Å². The van der Waals surface area contributed by atoms with E-state index in [-0.39, 0.29) is 11.8 Å². The first-order valence-electron chi connectivity index (χ1n) is 7.33. The van der Waals surface area contributed by atoms with Crippen molar-refractivity contribution in [2.75, 3.05) is 19.0 Å². The lowest BCUT2D eigenvalue weighted by Gasteiger charge is -2.13. The van der Waals surface area contributed by atoms with Crippen molar-refractivity contribution in [1.29, 1.82) is 0 Å². The van der Waals surface area contributed by atoms with Gasteiger partial charge < -0.3 is 14.8 Å². The molecule has 0 aliphatic carbocycles. The van der Waals surface area contributed by atoms with E-state index in [0.717, 1.165) is 16.9 Å². The third kappa shape index (κ3) is 2.91. The van der Waals surface area contributed by atoms with E-state index in [1.54, 1.807) is 7.11 Å². The summed E-state index contributed by atoms with van der Waals surface area (Å²) in [5.74, 6) is 1.62. The maximum Gasteiger partial charge on any atom is 0.225 e. The molecule has 4 nitrogen and oxygen atoms in total. The lowest BCUT2D eigenvalue weighted by atomic mass is 9.97. The number of ether oxygens (including phenoxy) is 2. The number of nitrogens with one attached hydrogen (secondary N) is 1. The summed E-state index contributed by atoms with van der Waals surface area (Å²) in [6.07, 6.45) is 0.397. The zero-order valence-electron chi connectivity index (χ0n) is 12.8. The normalized spacial score (nSPS) is 15.8. The van der Waals surface area contributed by atoms with Gasteiger partial charge in [0.1, 0.15) is 11.5 Å². The van der Waals surface area contributed by atoms with Crippen LogP contribution >= 0.6 is 0 Å². The highest BCUT2D eigenvalue weighted by Crippen LogP contribution is 2.36. The first-order valence-corrected chi connectivity index (χ1v) is 7.33. The number of hydrogen-bond acceptors (Lipinski definition) is 3. The molecule has 0 spiro atoms. The van der Waals surface area contributed by atoms with Crippen molar-refractivity contribution in [2.24, 2.45) is 0 Å². The predicted octanol–water partition coefficient (Wildman–Crippen LogP) is 3.51. The van der Waals surface area contributed by atoms with E-state index in [9.17, 15) is 4.79 Å². The number of aryl methyl sites for hydroxylation is 1. The van der Waals surface area contributed by atoms with Crippen LogP contribution in [-0.4, -0.2) is 19.6 Å². The van der Waals surface area contributed by atoms with E-state index in [0.29, 0.717) is 24.5 Å². The van der Waals surface area contributed by atoms with Crippen LogP contribution in [0.1, 0.15) is 23.5 Å². The zero-order chi connectivity index (χ0) is 15.5. The summed E-state index contributed by atoms with van der Waals surface area (Å²) >= 11 is 0. The molecule has 1 heterocycles. The Bertz CT molecular complexity index is 696. The quantitative estimate of drug-likeness (QED) is 0.939. The summed E-state index contributed by atoms with van der Waals surface area (Å²) in [4.78, 5) is 12.3. The molecule has 0 radical (unpaired) electrons. The summed E-state index contributed by atoms with van der Waals surface area (Å²) in [6, 6.07) is 13.6. The number of benzene rings is 2. The zero-order valence-corrected chi connectivity index (χ0v) is 12.8. The minimum atomic E-state index is -0.0331. The van der Waals surface area contributed by atoms with E-state index in [4.69, 9.17) is 9.47 Å². The molecule has 0 aromatic heterocycles. The maximum absolute atomic E-state index is 12.3. The number of hydrogen-bond donors (Lipinski definition) is 1. The van der Waals surface area contributed by atoms with E-state index in [2.05, 4.69) is 5.32 Å². The van der Waals surface area contributed by atoms with Gasteiger partial charge in [-0.1, -0.05) is 24.3 Å². The molecular formula is C18H19NO3. The Morgan fingerprint density at radius 2 is 2.14 bits per heavy atom. The van der Waals surface area contributed by atoms with Crippen LogP contribution in [0.5, 0.6) is 11.5 Å². The van der Waals surface area contributed by atoms with Crippen molar-refractivity contribution < 1.29 is 14.3 Å². The third-order valence-electron chi connectivity index (χ3n) is 3.86. The first-order chi connectivity index (χ1) is 10.7. The Hall–Kier alpha value is -2.49. The van der Waals surface area contributed by atoms with Gasteiger partial charge in [0.2, 0.25) is 5.91 Å². The second kappa shape index (κ2) is 6.10. The smallest absolute Gasteiger partial charge is 0.225 e. The number of amides is 1. The monoisotopic (exact) mass is 297 g/mol. The molecule has 4 heteroatoms. The van der Waals surface area contributed by atoms with Gasteiger partial charge in [0.05, 0.1) is 19.4 Å². The van der Waals surface area contributed by atoms with Gasteiger partial charge in [0.15, 0.2) is 0 Å². The number of carbonyl (C=O) groups excluding carboxylic acids is 1. The largest absolute Gasteiger partial charge is 0.495 e. The number of methoxy groups -OCH3 is 1. The number of carbonyl (C=O) groups is 1. The van der Waals surface area contributed by atoms with Crippen LogP contribution in [0.3, 0.4) is 0 Å². The molecule has 2 aromatic carbocycles. The lowest BCUT2D eigenvalue weighted by Crippen LogP contribution is -2.17. The van der Waals surface area contributed by atoms with Crippen LogP contribution in [0.15, 0.2) is 42.5 Å². The Labute approximate surface area is 130 Å². The average molecular weight is 297 g/mol. The summed E-state index contributed by atoms with van der Waals surface area (Å²) in [5.41, 5.74) is 2.89. The summed E-state index contributed by atoms with van der Waals surface area (Å²) < 4.78 is 10.9. The molecule has 0 saturated heterocycles. The number of para-hydroxylation sites is 1. The molecule has 0 fully saturated rings. The Morgan fingerprint density at radius 1 is 1.32 bits per heavy atom. The topological polar surface area (TPSA) is 47.6 Å². The molecule has 114 valence electrons. The number of rotatable bonds is 4. The molecule has 1 aliphatic rings. The van der Waals surface area contributed by atoms with Crippen molar-refractivity contribution in [2.45, 2.75) is 19.3 Å². The van der Waals surface area contributed by atoms with Gasteiger partial charge in [0.25, 0.3) is 0 Å². The Morgan fingerprint density at radius 3 is 2.95 bits per heavy atom. The van der Waals surface area contributed by atoms with Crippen LogP contribution in [0, 0.1) is 6.92 Å². The van der Waals surface area contributed by atoms with E-state index < -0.39 is 0 Å². The fourth-order valence-corrected chi connectivity index (χ4v) is 2.74. The molecule has 1 aliphatic heterocycles. The van der Waals surface area contributed by atoms with Crippen molar-refractivity contribution in [3.8, 4) is 11.5 Å². The molecule has 1 atom stereocenters. The van der Waals surface area contributed by atoms with Crippen molar-refractivity contribution in [3.63, 3.8) is 0 Å². The summed E-state index contributed by atoms with van der Waals surface area (Å²) in [5, 5.41) is 2.94. The van der Waals surface area contributed by atoms with Crippen molar-refractivity contribution in [1.82, 2.24) is 0 Å². The fraction of sp³-hybridized carbons (Fsp3) is 0.278. The molecule has 0 bridgehead atoms. The molecule has 22 heavy (non-hydrogen) atoms. The first kappa shape index (κ1) is 14.4. The highest BCUT2D eigenvalue weighted by atomic mass is 16.5. The Kier molecular flexibility index (Phi) is 4.00. The molecule has 2 aromatic rings. The predicted molar refractivity (Wildman–Crippen MR) is 85.7 cm³/mol. The van der Waals surface area contributed by atoms with Gasteiger partial charge in [-0.15, -0.1) is 0 Å². The van der Waals surface area contributed by atoms with Crippen LogP contribution in [0.4, 0.5) is 5.69 Å². The minimum absolute atomic E-state index is 0.0331. The SMILES string of the molecule is COc1ccc(C)cc1NC(=O)CC1COc2ccccc21. The number of anilines is 1. The van der Waals surface area contributed by atoms with Gasteiger partial charge in [-0.2, -0.15) is 0 Å². The van der Waals surface area contributed by atoms with E-state index in [1.807, 2.05) is 49.4 Å². The second-order valence-corrected chi connectivity index (χ2v) is 5.50. The highest BCUT2D eigenvalue weighted by Gasteiger charge is 2.26. The van der Waals surface area contributed by atoms with Gasteiger partial charge >= 0.3 is 0 Å². The molecule has 1 amide bonds. The van der Waals surface area contributed by atoms with Gasteiger partial charge in [-0.25, -0.2) is 0 Å². The second-order valence-electron chi connectivity index (χ2n) is 5.50. The lowest BCUT2D eigenvalue weighted by molar-refractivity contribution is -0.116. The van der Waals surface area contributed by atoms with Crippen molar-refractivity contribution in [3.05, 3.63) is 53.6 Å². The summed E-state index contributed by atoms with van der Waals surface area (Å²) in [7, 11) is 1.60. The van der Waals surface area contributed by atoms with E-state index in [1.165, 1.54) is 0 Å². The highest BCUT2D eigenvalue weighted by molar-refractivity contribution is 5.93. The van der Waals surface area contributed by atoms with Gasteiger partial charge in [-0.3, -0.25) is 4.79 Å². The van der Waals surface area contributed by atoms with Crippen LogP contribution in [-0.2, 0) is 4.79 Å². The van der Waals surface area contributed by atoms with Gasteiger partial charge in [0, 0.05) is 17.9 Å². The number of fused-ring (bicyclic) bond motifs is 1. The fourth-order valence-electron chi connectivity index (χ4n) is 2.74. The standard InChI is InChI=1S/C18H19NO3/c1-12-7-8-17(21-2)15(9-12)19-18(20)10-13-11-22-16-6-4-3-5-14(13)16/h3-9,13H,10-11H2,1-2H3,(H,19,20). The Balaban J connectivity index is 1.70. The molecule has 1 unspecified atom stereocenters. The molecule has 3 rings (SSSR count). The molecule has 0 saturated carbocycles. The maximum atomic E-state index is 12.3. The molecule has 1 N–H and O–H groups in total. The average Bonchev–Trinajstić information content (AvgIpc) is 2.91. The minimum Gasteiger partial charge on any atom is -0.495 e. The van der Waals surface area contributed by atoms with Gasteiger partial charge in [-0.05, 0) is 30.7 Å². The van der Waals surface area contributed by atoms with Crippen molar-refractivity contribution >= 4 is 11.6 Å². The summed E-state index contributed by atoms with van der Waals surface area (Å²) in [6.45, 7) is 2.54. The van der Waals surface area contributed by atoms with E-state index >= 15 is 0 Å². The van der Waals surface area contributed by atoms with Crippen LogP contribution < -0.4 is 14.8 Å². The third-order valence-corrected chi connectivity index (χ3v) is 3.86. The molecular weight excluding hydrogens is 278 g/mol. The van der Waals surface area contributed by atoms with Crippen LogP contribution in [0.2, 0.25) is 0 Å².